The predicted octanol–water partition coefficient (Wildman–Crippen LogP) is -0.0480. The number of carbonyl (C=O) groups excluding carboxylic acids is 2. The first-order valence-electron chi connectivity index (χ1n) is 5.75. The summed E-state index contributed by atoms with van der Waals surface area (Å²) in [6.07, 6.45) is 3.81. The van der Waals surface area contributed by atoms with E-state index in [9.17, 15) is 9.59 Å². The van der Waals surface area contributed by atoms with Crippen LogP contribution in [0.2, 0.25) is 0 Å². The average molecular weight is 238 g/mol. The van der Waals surface area contributed by atoms with Gasteiger partial charge in [0.05, 0.1) is 38.5 Å². The predicted molar refractivity (Wildman–Crippen MR) is 57.1 cm³/mol. The number of hydrogen-bond acceptors (Lipinski definition) is 4. The summed E-state index contributed by atoms with van der Waals surface area (Å²) in [6.45, 7) is 2.21. The Morgan fingerprint density at radius 2 is 1.82 bits per heavy atom. The summed E-state index contributed by atoms with van der Waals surface area (Å²) in [5.41, 5.74) is 0. The highest BCUT2D eigenvalue weighted by atomic mass is 16.6. The number of amides is 3. The molecule has 3 heterocycles. The van der Waals surface area contributed by atoms with E-state index in [4.69, 9.17) is 9.47 Å². The summed E-state index contributed by atoms with van der Waals surface area (Å²) in [6, 6.07) is -0.269. The molecule has 3 aliphatic heterocycles. The number of urea groups is 1. The average Bonchev–Trinajstić information content (AvgIpc) is 3.15. The molecule has 0 radical (unpaired) electrons. The molecule has 6 heteroatoms. The van der Waals surface area contributed by atoms with Crippen LogP contribution in [-0.4, -0.2) is 60.2 Å². The molecule has 0 aromatic heterocycles. The van der Waals surface area contributed by atoms with E-state index in [0.717, 1.165) is 0 Å². The van der Waals surface area contributed by atoms with Gasteiger partial charge < -0.3 is 9.47 Å². The van der Waals surface area contributed by atoms with Gasteiger partial charge in [-0.05, 0) is 0 Å². The maximum absolute atomic E-state index is 12.2. The molecule has 0 aromatic rings. The second kappa shape index (κ2) is 4.12. The monoisotopic (exact) mass is 238 g/mol. The molecule has 6 nitrogen and oxygen atoms in total. The summed E-state index contributed by atoms with van der Waals surface area (Å²) in [5, 5.41) is 0. The summed E-state index contributed by atoms with van der Waals surface area (Å²) < 4.78 is 10.2. The molecule has 2 atom stereocenters. The molecule has 17 heavy (non-hydrogen) atoms. The van der Waals surface area contributed by atoms with Crippen LogP contribution in [0.1, 0.15) is 6.42 Å². The second-order valence-electron chi connectivity index (χ2n) is 4.44. The zero-order valence-electron chi connectivity index (χ0n) is 9.37. The van der Waals surface area contributed by atoms with E-state index >= 15 is 0 Å². The number of rotatable bonds is 4. The van der Waals surface area contributed by atoms with Gasteiger partial charge in [0.2, 0.25) is 5.91 Å². The van der Waals surface area contributed by atoms with E-state index in [1.165, 1.54) is 4.90 Å². The van der Waals surface area contributed by atoms with Gasteiger partial charge in [-0.1, -0.05) is 6.08 Å². The van der Waals surface area contributed by atoms with Crippen LogP contribution in [0.4, 0.5) is 4.79 Å². The van der Waals surface area contributed by atoms with Gasteiger partial charge in [0.1, 0.15) is 0 Å². The number of carbonyl (C=O) groups is 2. The Hall–Kier alpha value is -1.40. The van der Waals surface area contributed by atoms with Crippen LogP contribution in [0.15, 0.2) is 12.3 Å². The SMILES string of the molecule is O=C1CC=CN(CC2CO2)C(=O)N1CC1CO1. The molecule has 3 rings (SSSR count). The lowest BCUT2D eigenvalue weighted by Gasteiger charge is -2.24. The molecule has 0 bridgehead atoms. The summed E-state index contributed by atoms with van der Waals surface area (Å²) in [5.74, 6) is -0.166. The normalized spacial score (nSPS) is 31.8. The third-order valence-electron chi connectivity index (χ3n) is 2.95. The van der Waals surface area contributed by atoms with Gasteiger partial charge in [-0.3, -0.25) is 14.6 Å². The lowest BCUT2D eigenvalue weighted by atomic mass is 10.3. The van der Waals surface area contributed by atoms with E-state index in [2.05, 4.69) is 0 Å². The Kier molecular flexibility index (Phi) is 2.60. The van der Waals surface area contributed by atoms with Crippen LogP contribution in [0.25, 0.3) is 0 Å². The minimum absolute atomic E-state index is 0.0278. The maximum Gasteiger partial charge on any atom is 0.330 e. The zero-order chi connectivity index (χ0) is 11.8. The molecule has 0 aliphatic carbocycles. The largest absolute Gasteiger partial charge is 0.371 e. The van der Waals surface area contributed by atoms with Crippen molar-refractivity contribution < 1.29 is 19.1 Å². The zero-order valence-corrected chi connectivity index (χ0v) is 9.37. The van der Waals surface area contributed by atoms with E-state index in [1.54, 1.807) is 17.2 Å². The first kappa shape index (κ1) is 10.7. The molecule has 0 aromatic carbocycles. The highest BCUT2D eigenvalue weighted by Crippen LogP contribution is 2.18. The Balaban J connectivity index is 1.70. The summed E-state index contributed by atoms with van der Waals surface area (Å²) >= 11 is 0. The molecule has 3 amide bonds. The van der Waals surface area contributed by atoms with E-state index in [0.29, 0.717) is 26.3 Å². The van der Waals surface area contributed by atoms with Gasteiger partial charge in [-0.25, -0.2) is 4.79 Å². The fraction of sp³-hybridized carbons (Fsp3) is 0.636. The molecule has 0 saturated carbocycles. The fourth-order valence-electron chi connectivity index (χ4n) is 1.81. The van der Waals surface area contributed by atoms with E-state index in [1.807, 2.05) is 0 Å². The lowest BCUT2D eigenvalue weighted by Crippen LogP contribution is -2.45. The van der Waals surface area contributed by atoms with Gasteiger partial charge >= 0.3 is 6.03 Å². The Bertz CT molecular complexity index is 374. The number of hydrogen-bond donors (Lipinski definition) is 0. The molecule has 92 valence electrons. The number of epoxide rings is 2. The van der Waals surface area contributed by atoms with Crippen molar-refractivity contribution in [3.8, 4) is 0 Å². The van der Waals surface area contributed by atoms with Crippen LogP contribution < -0.4 is 0 Å². The number of nitrogens with zero attached hydrogens (tertiary/aromatic N) is 2. The summed E-state index contributed by atoms with van der Waals surface area (Å²) in [7, 11) is 0. The molecule has 0 spiro atoms. The third kappa shape index (κ3) is 2.48. The molecular formula is C11H14N2O4. The van der Waals surface area contributed by atoms with Gasteiger partial charge in [0, 0.05) is 12.6 Å². The van der Waals surface area contributed by atoms with Crippen molar-refractivity contribution in [3.63, 3.8) is 0 Å². The van der Waals surface area contributed by atoms with Gasteiger partial charge in [0.15, 0.2) is 0 Å². The van der Waals surface area contributed by atoms with Crippen molar-refractivity contribution >= 4 is 11.9 Å². The lowest BCUT2D eigenvalue weighted by molar-refractivity contribution is -0.127. The highest BCUT2D eigenvalue weighted by molar-refractivity contribution is 5.96. The van der Waals surface area contributed by atoms with Crippen LogP contribution in [0, 0.1) is 0 Å². The number of ether oxygens (including phenoxy) is 2. The van der Waals surface area contributed by atoms with Gasteiger partial charge in [-0.2, -0.15) is 0 Å². The first-order valence-corrected chi connectivity index (χ1v) is 5.75. The minimum Gasteiger partial charge on any atom is -0.371 e. The van der Waals surface area contributed by atoms with Gasteiger partial charge in [-0.15, -0.1) is 0 Å². The van der Waals surface area contributed by atoms with Crippen LogP contribution in [-0.2, 0) is 14.3 Å². The minimum atomic E-state index is -0.269. The van der Waals surface area contributed by atoms with Crippen molar-refractivity contribution in [2.24, 2.45) is 0 Å². The molecule has 3 aliphatic rings. The Morgan fingerprint density at radius 1 is 1.18 bits per heavy atom. The molecule has 0 N–H and O–H groups in total. The fourth-order valence-corrected chi connectivity index (χ4v) is 1.81. The van der Waals surface area contributed by atoms with Crippen molar-refractivity contribution in [1.29, 1.82) is 0 Å². The Labute approximate surface area is 98.8 Å². The molecule has 2 unspecified atom stereocenters. The van der Waals surface area contributed by atoms with E-state index in [-0.39, 0.29) is 30.6 Å². The van der Waals surface area contributed by atoms with Gasteiger partial charge in [0.25, 0.3) is 0 Å². The summed E-state index contributed by atoms with van der Waals surface area (Å²) in [4.78, 5) is 26.8. The van der Waals surface area contributed by atoms with Crippen molar-refractivity contribution in [1.82, 2.24) is 9.80 Å². The van der Waals surface area contributed by atoms with Crippen LogP contribution in [0.5, 0.6) is 0 Å². The third-order valence-corrected chi connectivity index (χ3v) is 2.95. The topological polar surface area (TPSA) is 65.7 Å². The second-order valence-corrected chi connectivity index (χ2v) is 4.44. The van der Waals surface area contributed by atoms with E-state index < -0.39 is 0 Å². The maximum atomic E-state index is 12.2. The highest BCUT2D eigenvalue weighted by Gasteiger charge is 2.36. The van der Waals surface area contributed by atoms with Crippen molar-refractivity contribution in [2.45, 2.75) is 18.6 Å². The smallest absolute Gasteiger partial charge is 0.330 e. The molecule has 2 fully saturated rings. The first-order chi connectivity index (χ1) is 8.24. The standard InChI is InChI=1S/C11H14N2O4/c14-10-2-1-3-12(4-8-6-16-8)11(15)13(10)5-9-7-17-9/h1,3,8-9H,2,4-7H2. The van der Waals surface area contributed by atoms with Crippen molar-refractivity contribution in [3.05, 3.63) is 12.3 Å². The van der Waals surface area contributed by atoms with Crippen LogP contribution >= 0.6 is 0 Å². The van der Waals surface area contributed by atoms with Crippen LogP contribution in [0.3, 0.4) is 0 Å². The van der Waals surface area contributed by atoms with Crippen molar-refractivity contribution in [2.75, 3.05) is 26.3 Å². The molecule has 2 saturated heterocycles. The number of imide groups is 1. The molecular weight excluding hydrogens is 224 g/mol. The quantitative estimate of drug-likeness (QED) is 0.644. The Morgan fingerprint density at radius 3 is 2.47 bits per heavy atom.